The number of amides is 3. The number of rotatable bonds is 2. The van der Waals surface area contributed by atoms with Crippen molar-refractivity contribution in [3.63, 3.8) is 0 Å². The van der Waals surface area contributed by atoms with Gasteiger partial charge in [0, 0.05) is 37.8 Å². The second-order valence-electron chi connectivity index (χ2n) is 6.93. The normalized spacial score (nSPS) is 19.2. The third-order valence-electron chi connectivity index (χ3n) is 5.05. The minimum atomic E-state index is 0.0338. The van der Waals surface area contributed by atoms with Crippen molar-refractivity contribution in [1.29, 1.82) is 0 Å². The van der Waals surface area contributed by atoms with E-state index in [9.17, 15) is 9.59 Å². The van der Waals surface area contributed by atoms with Gasteiger partial charge in [-0.3, -0.25) is 4.79 Å². The van der Waals surface area contributed by atoms with Crippen molar-refractivity contribution in [3.8, 4) is 0 Å². The molecule has 5 nitrogen and oxygen atoms in total. The summed E-state index contributed by atoms with van der Waals surface area (Å²) in [6, 6.07) is 8.07. The largest absolute Gasteiger partial charge is 0.337 e. The Balaban J connectivity index is 1.55. The molecule has 2 fully saturated rings. The van der Waals surface area contributed by atoms with E-state index in [1.807, 2.05) is 41.0 Å². The number of hydrogen-bond acceptors (Lipinski definition) is 2. The molecular weight excluding hydrogens is 302 g/mol. The molecule has 0 atom stereocenters. The minimum Gasteiger partial charge on any atom is -0.337 e. The van der Waals surface area contributed by atoms with E-state index in [1.54, 1.807) is 0 Å². The number of nitrogens with one attached hydrogen (secondary N) is 1. The molecule has 0 bridgehead atoms. The van der Waals surface area contributed by atoms with Crippen molar-refractivity contribution in [1.82, 2.24) is 15.1 Å². The standard InChI is InChI=1S/C19H27N3O2/c1-15-7-9-16(10-8-15)18(23)21-11-4-12-22(14-13-21)19(24)20-17-5-2-3-6-17/h7-10,17H,2-6,11-14H2,1H3,(H,20,24). The van der Waals surface area contributed by atoms with Gasteiger partial charge >= 0.3 is 6.03 Å². The molecule has 3 amide bonds. The van der Waals surface area contributed by atoms with Crippen molar-refractivity contribution in [3.05, 3.63) is 35.4 Å². The van der Waals surface area contributed by atoms with Crippen LogP contribution in [0.3, 0.4) is 0 Å². The van der Waals surface area contributed by atoms with Crippen molar-refractivity contribution in [2.45, 2.75) is 45.1 Å². The van der Waals surface area contributed by atoms with Crippen LogP contribution in [-0.4, -0.2) is 54.0 Å². The highest BCUT2D eigenvalue weighted by molar-refractivity contribution is 5.94. The van der Waals surface area contributed by atoms with Gasteiger partial charge in [0.2, 0.25) is 0 Å². The number of hydrogen-bond donors (Lipinski definition) is 1. The highest BCUT2D eigenvalue weighted by atomic mass is 16.2. The van der Waals surface area contributed by atoms with E-state index >= 15 is 0 Å². The molecule has 0 radical (unpaired) electrons. The van der Waals surface area contributed by atoms with Crippen LogP contribution < -0.4 is 5.32 Å². The van der Waals surface area contributed by atoms with Gasteiger partial charge in [0.25, 0.3) is 5.91 Å². The van der Waals surface area contributed by atoms with Gasteiger partial charge in [-0.15, -0.1) is 0 Å². The molecule has 1 N–H and O–H groups in total. The lowest BCUT2D eigenvalue weighted by Crippen LogP contribution is -2.45. The molecule has 0 spiro atoms. The first-order valence-electron chi connectivity index (χ1n) is 9.05. The zero-order valence-corrected chi connectivity index (χ0v) is 14.5. The zero-order valence-electron chi connectivity index (χ0n) is 14.5. The van der Waals surface area contributed by atoms with Crippen molar-refractivity contribution >= 4 is 11.9 Å². The summed E-state index contributed by atoms with van der Waals surface area (Å²) in [4.78, 5) is 28.8. The molecule has 1 aromatic rings. The molecule has 24 heavy (non-hydrogen) atoms. The van der Waals surface area contributed by atoms with Gasteiger partial charge in [-0.2, -0.15) is 0 Å². The molecule has 0 unspecified atom stereocenters. The molecule has 3 rings (SSSR count). The molecule has 1 aliphatic carbocycles. The Hall–Kier alpha value is -2.04. The minimum absolute atomic E-state index is 0.0338. The van der Waals surface area contributed by atoms with Crippen molar-refractivity contribution < 1.29 is 9.59 Å². The van der Waals surface area contributed by atoms with Crippen LogP contribution in [0.25, 0.3) is 0 Å². The molecule has 1 saturated carbocycles. The Morgan fingerprint density at radius 3 is 2.25 bits per heavy atom. The summed E-state index contributed by atoms with van der Waals surface area (Å²) in [5.74, 6) is 0.0630. The van der Waals surface area contributed by atoms with E-state index in [1.165, 1.54) is 12.8 Å². The topological polar surface area (TPSA) is 52.7 Å². The fourth-order valence-electron chi connectivity index (χ4n) is 3.54. The van der Waals surface area contributed by atoms with Crippen LogP contribution >= 0.6 is 0 Å². The van der Waals surface area contributed by atoms with Gasteiger partial charge in [0.1, 0.15) is 0 Å². The summed E-state index contributed by atoms with van der Waals surface area (Å²) >= 11 is 0. The Kier molecular flexibility index (Phi) is 5.38. The molecule has 0 aromatic heterocycles. The Labute approximate surface area is 144 Å². The average Bonchev–Trinajstić information content (AvgIpc) is 2.96. The highest BCUT2D eigenvalue weighted by Gasteiger charge is 2.25. The predicted octanol–water partition coefficient (Wildman–Crippen LogP) is 2.80. The summed E-state index contributed by atoms with van der Waals surface area (Å²) in [5.41, 5.74) is 1.88. The third-order valence-corrected chi connectivity index (χ3v) is 5.05. The third kappa shape index (κ3) is 4.08. The number of nitrogens with zero attached hydrogens (tertiary/aromatic N) is 2. The predicted molar refractivity (Wildman–Crippen MR) is 94.1 cm³/mol. The Morgan fingerprint density at radius 2 is 1.54 bits per heavy atom. The van der Waals surface area contributed by atoms with Gasteiger partial charge in [0.15, 0.2) is 0 Å². The van der Waals surface area contributed by atoms with Gasteiger partial charge in [-0.05, 0) is 38.3 Å². The van der Waals surface area contributed by atoms with Crippen LogP contribution in [0.4, 0.5) is 4.79 Å². The molecular formula is C19H27N3O2. The van der Waals surface area contributed by atoms with Crippen LogP contribution in [0, 0.1) is 6.92 Å². The lowest BCUT2D eigenvalue weighted by molar-refractivity contribution is 0.0762. The van der Waals surface area contributed by atoms with E-state index in [-0.39, 0.29) is 11.9 Å². The van der Waals surface area contributed by atoms with E-state index in [0.717, 1.165) is 36.9 Å². The van der Waals surface area contributed by atoms with Gasteiger partial charge in [-0.1, -0.05) is 30.5 Å². The zero-order chi connectivity index (χ0) is 16.9. The second-order valence-corrected chi connectivity index (χ2v) is 6.93. The molecule has 2 aliphatic rings. The summed E-state index contributed by atoms with van der Waals surface area (Å²) in [6.45, 7) is 4.65. The maximum absolute atomic E-state index is 12.6. The summed E-state index contributed by atoms with van der Waals surface area (Å²) in [6.07, 6.45) is 5.44. The smallest absolute Gasteiger partial charge is 0.317 e. The molecule has 130 valence electrons. The van der Waals surface area contributed by atoms with Crippen LogP contribution in [0.15, 0.2) is 24.3 Å². The number of aryl methyl sites for hydroxylation is 1. The maximum Gasteiger partial charge on any atom is 0.317 e. The first kappa shape index (κ1) is 16.8. The van der Waals surface area contributed by atoms with Gasteiger partial charge in [0.05, 0.1) is 0 Å². The van der Waals surface area contributed by atoms with Gasteiger partial charge in [-0.25, -0.2) is 4.79 Å². The van der Waals surface area contributed by atoms with Gasteiger partial charge < -0.3 is 15.1 Å². The summed E-state index contributed by atoms with van der Waals surface area (Å²) < 4.78 is 0. The molecule has 5 heteroatoms. The molecule has 1 aromatic carbocycles. The lowest BCUT2D eigenvalue weighted by Gasteiger charge is -2.24. The number of benzene rings is 1. The maximum atomic E-state index is 12.6. The number of urea groups is 1. The highest BCUT2D eigenvalue weighted by Crippen LogP contribution is 2.18. The van der Waals surface area contributed by atoms with Crippen LogP contribution in [0.5, 0.6) is 0 Å². The fourth-order valence-corrected chi connectivity index (χ4v) is 3.54. The van der Waals surface area contributed by atoms with Crippen LogP contribution in [-0.2, 0) is 0 Å². The van der Waals surface area contributed by atoms with Crippen molar-refractivity contribution in [2.75, 3.05) is 26.2 Å². The SMILES string of the molecule is Cc1ccc(C(=O)N2CCCN(C(=O)NC3CCCC3)CC2)cc1. The number of carbonyl (C=O) groups is 2. The summed E-state index contributed by atoms with van der Waals surface area (Å²) in [7, 11) is 0. The monoisotopic (exact) mass is 329 g/mol. The molecule has 1 saturated heterocycles. The average molecular weight is 329 g/mol. The van der Waals surface area contributed by atoms with E-state index in [0.29, 0.717) is 25.7 Å². The molecule has 1 heterocycles. The van der Waals surface area contributed by atoms with Crippen LogP contribution in [0.2, 0.25) is 0 Å². The summed E-state index contributed by atoms with van der Waals surface area (Å²) in [5, 5.41) is 3.14. The van der Waals surface area contributed by atoms with Crippen LogP contribution in [0.1, 0.15) is 48.0 Å². The lowest BCUT2D eigenvalue weighted by atomic mass is 10.1. The fraction of sp³-hybridized carbons (Fsp3) is 0.579. The van der Waals surface area contributed by atoms with E-state index in [2.05, 4.69) is 5.32 Å². The quantitative estimate of drug-likeness (QED) is 0.907. The molecule has 1 aliphatic heterocycles. The Bertz CT molecular complexity index is 579. The van der Waals surface area contributed by atoms with E-state index in [4.69, 9.17) is 0 Å². The first-order valence-corrected chi connectivity index (χ1v) is 9.05. The number of carbonyl (C=O) groups excluding carboxylic acids is 2. The first-order chi connectivity index (χ1) is 11.6. The Morgan fingerprint density at radius 1 is 0.917 bits per heavy atom. The van der Waals surface area contributed by atoms with Crippen molar-refractivity contribution in [2.24, 2.45) is 0 Å². The second kappa shape index (κ2) is 7.69. The van der Waals surface area contributed by atoms with E-state index < -0.39 is 0 Å².